The number of piperazine rings is 1. The van der Waals surface area contributed by atoms with Gasteiger partial charge in [-0.05, 0) is 42.3 Å². The van der Waals surface area contributed by atoms with E-state index in [0.717, 1.165) is 49.1 Å². The number of fused-ring (bicyclic) bond motifs is 4. The Morgan fingerprint density at radius 2 is 1.80 bits per heavy atom. The molecule has 56 heavy (non-hydrogen) atoms. The van der Waals surface area contributed by atoms with Crippen LogP contribution in [-0.4, -0.2) is 116 Å². The minimum atomic E-state index is -2.75. The molecule has 9 rings (SSSR count). The smallest absolute Gasteiger partial charge is 0.316 e. The molecule has 7 heterocycles. The number of ether oxygens (including phenoxy) is 1. The summed E-state index contributed by atoms with van der Waals surface area (Å²) in [5.74, 6) is -2.09. The number of phenolic OH excluding ortho intramolecular Hbond substituents is 1. The fraction of sp³-hybridized carbons (Fsp3) is 0.395. The van der Waals surface area contributed by atoms with Crippen molar-refractivity contribution in [3.63, 3.8) is 0 Å². The summed E-state index contributed by atoms with van der Waals surface area (Å²) in [6.07, 6.45) is 0.424. The fourth-order valence-electron chi connectivity index (χ4n) is 8.42. The molecular weight excluding hydrogens is 733 g/mol. The van der Waals surface area contributed by atoms with Crippen molar-refractivity contribution in [1.29, 1.82) is 0 Å². The van der Waals surface area contributed by atoms with Crippen LogP contribution in [0.15, 0.2) is 54.9 Å². The number of anilines is 3. The maximum Gasteiger partial charge on any atom is 0.316 e. The third-order valence-corrected chi connectivity index (χ3v) is 11.4. The lowest BCUT2D eigenvalue weighted by Crippen LogP contribution is -2.57. The van der Waals surface area contributed by atoms with Crippen LogP contribution in [0.2, 0.25) is 0 Å². The van der Waals surface area contributed by atoms with Crippen molar-refractivity contribution in [3.8, 4) is 23.0 Å². The number of aromatic hydroxyl groups is 1. The van der Waals surface area contributed by atoms with Gasteiger partial charge in [0, 0.05) is 93.4 Å². The van der Waals surface area contributed by atoms with E-state index in [9.17, 15) is 32.7 Å². The summed E-state index contributed by atoms with van der Waals surface area (Å²) in [6.45, 7) is 3.87. The number of para-hydroxylation sites is 1. The highest BCUT2D eigenvalue weighted by atomic mass is 19.3. The van der Waals surface area contributed by atoms with Crippen LogP contribution >= 0.6 is 0 Å². The number of benzene rings is 2. The van der Waals surface area contributed by atoms with Gasteiger partial charge in [0.2, 0.25) is 11.8 Å². The number of phenols is 1. The summed E-state index contributed by atoms with van der Waals surface area (Å²) >= 11 is 0. The first-order chi connectivity index (χ1) is 27.1. The highest BCUT2D eigenvalue weighted by Gasteiger charge is 2.56. The zero-order valence-electron chi connectivity index (χ0n) is 30.0. The van der Waals surface area contributed by atoms with E-state index in [4.69, 9.17) is 4.74 Å². The van der Waals surface area contributed by atoms with Gasteiger partial charge in [0.25, 0.3) is 12.3 Å². The average molecular weight is 771 g/mol. The van der Waals surface area contributed by atoms with Crippen molar-refractivity contribution >= 4 is 34.9 Å². The SMILES string of the molecule is O=C1CCC(N2Cc3ccc(N4CCN(Cc5cnc(O[C@H]6CN7c8cc(-c9cccc(F)c9O)nnc8NC[C@]7(C(F)F)C6)nc5)CC4)cc3C2=O)C(=O)N1. The molecule has 0 spiro atoms. The molecule has 3 N–H and O–H groups in total. The molecule has 290 valence electrons. The second kappa shape index (κ2) is 13.9. The normalized spacial score (nSPS) is 23.5. The first-order valence-electron chi connectivity index (χ1n) is 18.4. The molecule has 3 amide bonds. The second-order valence-electron chi connectivity index (χ2n) is 14.8. The number of carbonyl (C=O) groups excluding carboxylic acids is 3. The molecule has 5 aliphatic heterocycles. The molecule has 2 aromatic heterocycles. The molecule has 0 saturated carbocycles. The third-order valence-electron chi connectivity index (χ3n) is 11.4. The number of carbonyl (C=O) groups is 3. The van der Waals surface area contributed by atoms with Crippen molar-refractivity contribution in [3.05, 3.63) is 77.4 Å². The van der Waals surface area contributed by atoms with Gasteiger partial charge in [-0.2, -0.15) is 0 Å². The Labute approximate surface area is 318 Å². The summed E-state index contributed by atoms with van der Waals surface area (Å²) in [5.41, 5.74) is 2.19. The molecule has 3 atom stereocenters. The Kier molecular flexibility index (Phi) is 8.86. The van der Waals surface area contributed by atoms with Crippen molar-refractivity contribution in [1.82, 2.24) is 35.3 Å². The maximum absolute atomic E-state index is 14.8. The molecule has 15 nitrogen and oxygen atoms in total. The van der Waals surface area contributed by atoms with Crippen molar-refractivity contribution in [2.24, 2.45) is 0 Å². The number of hydrogen-bond donors (Lipinski definition) is 3. The van der Waals surface area contributed by atoms with Crippen LogP contribution in [0.25, 0.3) is 11.3 Å². The Hall–Kier alpha value is -6.04. The maximum atomic E-state index is 14.8. The molecular formula is C38H37F3N10O5. The Morgan fingerprint density at radius 1 is 1.00 bits per heavy atom. The van der Waals surface area contributed by atoms with Crippen molar-refractivity contribution in [2.75, 3.05) is 54.4 Å². The largest absolute Gasteiger partial charge is 0.504 e. The Bertz CT molecular complexity index is 2220. The zero-order chi connectivity index (χ0) is 38.7. The molecule has 4 aromatic rings. The highest BCUT2D eigenvalue weighted by Crippen LogP contribution is 2.46. The third kappa shape index (κ3) is 6.26. The quantitative estimate of drug-likeness (QED) is 0.224. The van der Waals surface area contributed by atoms with Gasteiger partial charge in [-0.25, -0.2) is 23.1 Å². The van der Waals surface area contributed by atoms with Crippen LogP contribution in [0.3, 0.4) is 0 Å². The molecule has 0 bridgehead atoms. The number of piperidine rings is 1. The molecule has 2 aromatic carbocycles. The van der Waals surface area contributed by atoms with E-state index in [-0.39, 0.29) is 55.0 Å². The summed E-state index contributed by atoms with van der Waals surface area (Å²) in [6, 6.07) is 10.8. The molecule has 3 fully saturated rings. The number of amides is 3. The van der Waals surface area contributed by atoms with Gasteiger partial charge in [0.05, 0.1) is 17.9 Å². The van der Waals surface area contributed by atoms with Gasteiger partial charge >= 0.3 is 6.01 Å². The van der Waals surface area contributed by atoms with Crippen LogP contribution in [0.4, 0.5) is 30.4 Å². The summed E-state index contributed by atoms with van der Waals surface area (Å²) in [4.78, 5) is 53.7. The number of alkyl halides is 2. The second-order valence-corrected chi connectivity index (χ2v) is 14.8. The Balaban J connectivity index is 0.811. The van der Waals surface area contributed by atoms with E-state index in [2.05, 4.69) is 40.6 Å². The zero-order valence-corrected chi connectivity index (χ0v) is 30.0. The van der Waals surface area contributed by atoms with Crippen molar-refractivity contribution in [2.45, 2.75) is 56.5 Å². The van der Waals surface area contributed by atoms with Crippen LogP contribution in [-0.2, 0) is 22.7 Å². The molecule has 5 aliphatic rings. The standard InChI is InChI=1S/C38H37F3N10O5/c39-27-3-1-2-25(32(27)53)28-13-30-33(47-46-28)44-20-38(36(40)41)14-24(19-51(30)38)56-37-42-15-21(16-43-37)17-48-8-10-49(11-9-48)23-5-4-22-18-50(35(55)26(22)12-23)29-6-7-31(52)45-34(29)54/h1-5,12-13,15-16,24,29,36,53H,6-11,14,17-20H2,(H,44,47)(H,45,52,54)/t24-,29?,38+/m1/s1. The Morgan fingerprint density at radius 3 is 2.57 bits per heavy atom. The predicted octanol–water partition coefficient (Wildman–Crippen LogP) is 2.95. The van der Waals surface area contributed by atoms with E-state index >= 15 is 0 Å². The number of aromatic nitrogens is 4. The monoisotopic (exact) mass is 770 g/mol. The van der Waals surface area contributed by atoms with Gasteiger partial charge in [-0.3, -0.25) is 24.6 Å². The molecule has 0 aliphatic carbocycles. The van der Waals surface area contributed by atoms with E-state index in [1.807, 2.05) is 18.2 Å². The number of halogens is 3. The van der Waals surface area contributed by atoms with Crippen LogP contribution < -0.4 is 25.2 Å². The lowest BCUT2D eigenvalue weighted by Gasteiger charge is -2.43. The summed E-state index contributed by atoms with van der Waals surface area (Å²) < 4.78 is 49.8. The minimum absolute atomic E-state index is 0.0220. The fourth-order valence-corrected chi connectivity index (χ4v) is 8.42. The lowest BCUT2D eigenvalue weighted by atomic mass is 9.93. The predicted molar refractivity (Wildman–Crippen MR) is 195 cm³/mol. The van der Waals surface area contributed by atoms with E-state index < -0.39 is 41.6 Å². The first kappa shape index (κ1) is 35.6. The van der Waals surface area contributed by atoms with Crippen LogP contribution in [0, 0.1) is 5.82 Å². The topological polar surface area (TPSA) is 169 Å². The number of nitrogens with zero attached hydrogens (tertiary/aromatic N) is 8. The molecule has 1 unspecified atom stereocenters. The van der Waals surface area contributed by atoms with Gasteiger partial charge in [-0.15, -0.1) is 10.2 Å². The van der Waals surface area contributed by atoms with E-state index in [1.54, 1.807) is 22.2 Å². The van der Waals surface area contributed by atoms with E-state index in [0.29, 0.717) is 36.6 Å². The number of imide groups is 1. The minimum Gasteiger partial charge on any atom is -0.504 e. The highest BCUT2D eigenvalue weighted by molar-refractivity contribution is 6.05. The molecule has 18 heteroatoms. The number of rotatable bonds is 8. The van der Waals surface area contributed by atoms with Crippen LogP contribution in [0.5, 0.6) is 11.8 Å². The molecule has 0 radical (unpaired) electrons. The summed E-state index contributed by atoms with van der Waals surface area (Å²) in [7, 11) is 0. The summed E-state index contributed by atoms with van der Waals surface area (Å²) in [5, 5.41) is 23.8. The lowest BCUT2D eigenvalue weighted by molar-refractivity contribution is -0.136. The number of nitrogens with one attached hydrogen (secondary N) is 2. The first-order valence-corrected chi connectivity index (χ1v) is 18.4. The van der Waals surface area contributed by atoms with Gasteiger partial charge in [0.1, 0.15) is 17.7 Å². The molecule has 3 saturated heterocycles. The van der Waals surface area contributed by atoms with E-state index in [1.165, 1.54) is 18.2 Å². The van der Waals surface area contributed by atoms with Crippen LogP contribution in [0.1, 0.15) is 40.7 Å². The number of hydrogen-bond acceptors (Lipinski definition) is 13. The van der Waals surface area contributed by atoms with Gasteiger partial charge < -0.3 is 29.9 Å². The van der Waals surface area contributed by atoms with Gasteiger partial charge in [-0.1, -0.05) is 12.1 Å². The van der Waals surface area contributed by atoms with Crippen molar-refractivity contribution < 1.29 is 37.4 Å². The average Bonchev–Trinajstić information content (AvgIpc) is 3.74. The van der Waals surface area contributed by atoms with Gasteiger partial charge in [0.15, 0.2) is 17.4 Å².